The highest BCUT2D eigenvalue weighted by molar-refractivity contribution is 6.12. The molecule has 2 aliphatic rings. The van der Waals surface area contributed by atoms with Gasteiger partial charge in [-0.3, -0.25) is 20.2 Å². The van der Waals surface area contributed by atoms with Crippen LogP contribution in [0.25, 0.3) is 34.2 Å². The number of ether oxygens (including phenoxy) is 2. The van der Waals surface area contributed by atoms with Crippen molar-refractivity contribution < 1.29 is 19.3 Å². The molecule has 0 saturated heterocycles. The van der Waals surface area contributed by atoms with Gasteiger partial charge in [0.25, 0.3) is 11.4 Å². The Labute approximate surface area is 416 Å². The van der Waals surface area contributed by atoms with E-state index in [1.54, 1.807) is 24.3 Å². The number of non-ortho nitro benzene ring substituents is 2. The molecule has 72 heavy (non-hydrogen) atoms. The van der Waals surface area contributed by atoms with Crippen molar-refractivity contribution in [3.63, 3.8) is 0 Å². The smallest absolute Gasteiger partial charge is 0.269 e. The van der Waals surface area contributed by atoms with Crippen LogP contribution >= 0.6 is 0 Å². The van der Waals surface area contributed by atoms with Gasteiger partial charge in [0.05, 0.1) is 9.85 Å². The lowest BCUT2D eigenvalue weighted by Gasteiger charge is -2.26. The summed E-state index contributed by atoms with van der Waals surface area (Å²) in [6, 6.07) is 68.8. The number of hydrogen-bond acceptors (Lipinski definition) is 6. The minimum atomic E-state index is -0.427. The molecule has 0 N–H and O–H groups in total. The van der Waals surface area contributed by atoms with Crippen molar-refractivity contribution in [1.82, 2.24) is 0 Å². The Morgan fingerprint density at radius 3 is 0.792 bits per heavy atom. The minimum Gasteiger partial charge on any atom is -0.456 e. The summed E-state index contributed by atoms with van der Waals surface area (Å²) in [5.74, 6) is 15.5. The number of allylic oxidation sites excluding steroid dienone is 8. The fourth-order valence-electron chi connectivity index (χ4n) is 8.24. The van der Waals surface area contributed by atoms with Crippen LogP contribution in [-0.4, -0.2) is 9.85 Å². The van der Waals surface area contributed by atoms with Crippen LogP contribution < -0.4 is 0 Å². The van der Waals surface area contributed by atoms with E-state index in [9.17, 15) is 20.2 Å². The number of nitro groups is 2. The number of hydrogen-bond donors (Lipinski definition) is 0. The van der Waals surface area contributed by atoms with Crippen molar-refractivity contribution in [2.24, 2.45) is 0 Å². The highest BCUT2D eigenvalue weighted by Crippen LogP contribution is 2.45. The Bertz CT molecular complexity index is 3300. The summed E-state index contributed by atoms with van der Waals surface area (Å²) in [4.78, 5) is 21.8. The summed E-state index contributed by atoms with van der Waals surface area (Å²) >= 11 is 0. The summed E-state index contributed by atoms with van der Waals surface area (Å²) in [6.07, 6.45) is 8.36. The molecule has 0 amide bonds. The van der Waals surface area contributed by atoms with Gasteiger partial charge in [0.1, 0.15) is 23.0 Å². The van der Waals surface area contributed by atoms with Crippen molar-refractivity contribution in [1.29, 1.82) is 0 Å². The van der Waals surface area contributed by atoms with Crippen LogP contribution in [-0.2, 0) is 9.47 Å². The molecule has 0 bridgehead atoms. The zero-order valence-electron chi connectivity index (χ0n) is 38.4. The summed E-state index contributed by atoms with van der Waals surface area (Å²) in [7, 11) is 0. The van der Waals surface area contributed by atoms with Crippen LogP contribution in [0.2, 0.25) is 0 Å². The van der Waals surface area contributed by atoms with Crippen molar-refractivity contribution in [2.75, 3.05) is 0 Å². The molecule has 0 saturated carbocycles. The van der Waals surface area contributed by atoms with Gasteiger partial charge in [-0.1, -0.05) is 169 Å². The van der Waals surface area contributed by atoms with Gasteiger partial charge in [0.2, 0.25) is 0 Å². The number of nitro benzene ring substituents is 2. The van der Waals surface area contributed by atoms with Crippen molar-refractivity contribution in [3.05, 3.63) is 330 Å². The minimum absolute atomic E-state index is 0.00302. The Hall–Kier alpha value is -10.3. The van der Waals surface area contributed by atoms with Gasteiger partial charge in [-0.2, -0.15) is 0 Å². The van der Waals surface area contributed by atoms with E-state index < -0.39 is 9.85 Å². The highest BCUT2D eigenvalue weighted by Gasteiger charge is 2.25. The molecule has 2 aliphatic heterocycles. The Morgan fingerprint density at radius 1 is 0.319 bits per heavy atom. The van der Waals surface area contributed by atoms with Gasteiger partial charge in [-0.25, -0.2) is 0 Å². The number of benzene rings is 8. The summed E-state index contributed by atoms with van der Waals surface area (Å²) in [6.45, 7) is 0. The third-order valence-electron chi connectivity index (χ3n) is 11.9. The first kappa shape index (κ1) is 45.5. The third kappa shape index (κ3) is 10.5. The van der Waals surface area contributed by atoms with E-state index in [0.29, 0.717) is 34.2 Å². The van der Waals surface area contributed by atoms with Crippen LogP contribution in [0.15, 0.2) is 254 Å². The van der Waals surface area contributed by atoms with E-state index in [4.69, 9.17) is 9.47 Å². The molecule has 8 heteroatoms. The van der Waals surface area contributed by atoms with Crippen LogP contribution in [0.3, 0.4) is 0 Å². The SMILES string of the molecule is O=[N+]([O-])c1ccc(C#Cc2ccc(C(=C3C=C(c4ccccc4)OC(c4ccccc4)=C3)C(=C3C=C(c4ccccc4)OC(c4ccccc4)=C3)c3ccc(C#Cc4ccc([N+](=O)[O-])cc4)cc3)cc2)cc1. The van der Waals surface area contributed by atoms with Gasteiger partial charge in [-0.15, -0.1) is 0 Å². The topological polar surface area (TPSA) is 105 Å². The van der Waals surface area contributed by atoms with E-state index in [1.165, 1.54) is 24.3 Å². The van der Waals surface area contributed by atoms with E-state index in [-0.39, 0.29) is 11.4 Å². The summed E-state index contributed by atoms with van der Waals surface area (Å²) in [5.41, 5.74) is 11.8. The quantitative estimate of drug-likeness (QED) is 0.0811. The molecular weight excluding hydrogens is 893 g/mol. The lowest BCUT2D eigenvalue weighted by atomic mass is 9.83. The predicted molar refractivity (Wildman–Crippen MR) is 285 cm³/mol. The summed E-state index contributed by atoms with van der Waals surface area (Å²) in [5, 5.41) is 22.6. The van der Waals surface area contributed by atoms with Gasteiger partial charge < -0.3 is 9.47 Å². The molecule has 0 unspecified atom stereocenters. The van der Waals surface area contributed by atoms with Crippen LogP contribution in [0.1, 0.15) is 55.6 Å². The monoisotopic (exact) mass is 932 g/mol. The molecule has 8 aromatic carbocycles. The first-order chi connectivity index (χ1) is 35.3. The lowest BCUT2D eigenvalue weighted by molar-refractivity contribution is -0.385. The van der Waals surface area contributed by atoms with E-state index in [0.717, 1.165) is 66.8 Å². The molecule has 342 valence electrons. The zero-order chi connectivity index (χ0) is 49.2. The Kier molecular flexibility index (Phi) is 13.2. The van der Waals surface area contributed by atoms with Crippen LogP contribution in [0, 0.1) is 43.9 Å². The molecule has 8 aromatic rings. The molecule has 0 spiro atoms. The zero-order valence-corrected chi connectivity index (χ0v) is 38.4. The van der Waals surface area contributed by atoms with E-state index >= 15 is 0 Å². The lowest BCUT2D eigenvalue weighted by Crippen LogP contribution is -2.06. The number of rotatable bonds is 9. The van der Waals surface area contributed by atoms with E-state index in [1.807, 2.05) is 146 Å². The maximum atomic E-state index is 11.3. The molecular formula is C64H40N2O6. The van der Waals surface area contributed by atoms with Crippen molar-refractivity contribution in [3.8, 4) is 23.7 Å². The molecule has 0 atom stereocenters. The molecule has 0 fully saturated rings. The first-order valence-electron chi connectivity index (χ1n) is 23.0. The molecule has 10 rings (SSSR count). The Morgan fingerprint density at radius 2 is 0.556 bits per heavy atom. The fraction of sp³-hybridized carbons (Fsp3) is 0. The van der Waals surface area contributed by atoms with E-state index in [2.05, 4.69) is 72.3 Å². The normalized spacial score (nSPS) is 12.7. The van der Waals surface area contributed by atoms with Gasteiger partial charge >= 0.3 is 0 Å². The van der Waals surface area contributed by atoms with Crippen LogP contribution in [0.5, 0.6) is 0 Å². The van der Waals surface area contributed by atoms with Crippen molar-refractivity contribution >= 4 is 45.6 Å². The van der Waals surface area contributed by atoms with Crippen LogP contribution in [0.4, 0.5) is 11.4 Å². The highest BCUT2D eigenvalue weighted by atomic mass is 16.6. The predicted octanol–water partition coefficient (Wildman–Crippen LogP) is 14.7. The fourth-order valence-corrected chi connectivity index (χ4v) is 8.24. The first-order valence-corrected chi connectivity index (χ1v) is 23.0. The summed E-state index contributed by atoms with van der Waals surface area (Å²) < 4.78 is 13.6. The second kappa shape index (κ2) is 20.9. The maximum Gasteiger partial charge on any atom is 0.269 e. The molecule has 0 radical (unpaired) electrons. The standard InChI is InChI=1S/C64H40N2O6/c67-65(68)57-37-29-47(30-38-57)23-21-45-25-33-53(34-26-45)63(55-41-59(49-13-5-1-6-14-49)71-60(42-55)50-15-7-2-8-16-50)64(54-35-27-46(28-36-54)22-24-48-31-39-58(40-32-48)66(69)70)56-43-61(51-17-9-3-10-18-51)72-62(44-56)52-19-11-4-12-20-52/h1-20,25-44H. The van der Waals surface area contributed by atoms with Gasteiger partial charge in [0, 0.05) is 68.8 Å². The third-order valence-corrected chi connectivity index (χ3v) is 11.9. The molecule has 0 aromatic heterocycles. The van der Waals surface area contributed by atoms with Crippen molar-refractivity contribution in [2.45, 2.75) is 0 Å². The second-order valence-electron chi connectivity index (χ2n) is 16.6. The molecule has 2 heterocycles. The number of nitrogens with zero attached hydrogens (tertiary/aromatic N) is 2. The second-order valence-corrected chi connectivity index (χ2v) is 16.6. The maximum absolute atomic E-state index is 11.3. The largest absolute Gasteiger partial charge is 0.456 e. The average molecular weight is 933 g/mol. The molecule has 0 aliphatic carbocycles. The average Bonchev–Trinajstić information content (AvgIpc) is 3.44. The van der Waals surface area contributed by atoms with Gasteiger partial charge in [-0.05, 0) is 106 Å². The molecule has 8 nitrogen and oxygen atoms in total. The Balaban J connectivity index is 1.23. The van der Waals surface area contributed by atoms with Gasteiger partial charge in [0.15, 0.2) is 0 Å².